The molecule has 41 heavy (non-hydrogen) atoms. The predicted octanol–water partition coefficient (Wildman–Crippen LogP) is 2.11. The van der Waals surface area contributed by atoms with Crippen LogP contribution in [0.25, 0.3) is 5.82 Å². The molecule has 0 unspecified atom stereocenters. The molecule has 3 aromatic rings. The Bertz CT molecular complexity index is 1350. The monoisotopic (exact) mass is 563 g/mol. The van der Waals surface area contributed by atoms with Crippen LogP contribution in [0, 0.1) is 0 Å². The fraction of sp³-hybridized carbons (Fsp3) is 0.481. The summed E-state index contributed by atoms with van der Waals surface area (Å²) in [4.78, 5) is 45.1. The van der Waals surface area contributed by atoms with Gasteiger partial charge in [0.15, 0.2) is 5.82 Å². The molecule has 0 spiro atoms. The van der Waals surface area contributed by atoms with E-state index in [1.165, 1.54) is 11.0 Å². The molecule has 5 rings (SSSR count). The van der Waals surface area contributed by atoms with E-state index in [2.05, 4.69) is 35.2 Å². The zero-order chi connectivity index (χ0) is 28.9. The van der Waals surface area contributed by atoms with Crippen molar-refractivity contribution in [2.75, 3.05) is 73.2 Å². The quantitative estimate of drug-likeness (QED) is 0.454. The highest BCUT2D eigenvalue weighted by Crippen LogP contribution is 2.23. The number of aromatic nitrogens is 5. The van der Waals surface area contributed by atoms with Crippen LogP contribution in [-0.2, 0) is 9.53 Å². The normalized spacial score (nSPS) is 16.1. The van der Waals surface area contributed by atoms with Gasteiger partial charge in [-0.3, -0.25) is 4.79 Å². The van der Waals surface area contributed by atoms with Gasteiger partial charge in [-0.1, -0.05) is 0 Å². The summed E-state index contributed by atoms with van der Waals surface area (Å²) < 4.78 is 6.78. The molecule has 2 amide bonds. The molecular weight excluding hydrogens is 526 g/mol. The number of carbonyl (C=O) groups excluding carboxylic acids is 2. The third kappa shape index (κ3) is 6.76. The van der Waals surface area contributed by atoms with Crippen molar-refractivity contribution in [3.05, 3.63) is 36.7 Å². The summed E-state index contributed by atoms with van der Waals surface area (Å²) in [5.41, 5.74) is 8.08. The molecule has 3 N–H and O–H groups in total. The molecule has 1 aromatic carbocycles. The summed E-state index contributed by atoms with van der Waals surface area (Å²) in [6.07, 6.45) is 1.96. The molecule has 0 aliphatic carbocycles. The first kappa shape index (κ1) is 27.9. The molecule has 2 saturated heterocycles. The van der Waals surface area contributed by atoms with E-state index in [-0.39, 0.29) is 24.1 Å². The summed E-state index contributed by atoms with van der Waals surface area (Å²) in [6.45, 7) is 10.9. The minimum absolute atomic E-state index is 0.0869. The second kappa shape index (κ2) is 12.3. The average Bonchev–Trinajstić information content (AvgIpc) is 3.15. The van der Waals surface area contributed by atoms with Crippen LogP contribution < -0.4 is 20.9 Å². The number of nitrogens with zero attached hydrogens (tertiary/aromatic N) is 9. The Morgan fingerprint density at radius 2 is 1.59 bits per heavy atom. The molecule has 0 bridgehead atoms. The Balaban J connectivity index is 1.20. The number of piperazine rings is 1. The van der Waals surface area contributed by atoms with Gasteiger partial charge in [-0.25, -0.2) is 14.8 Å². The van der Waals surface area contributed by atoms with Gasteiger partial charge in [-0.15, -0.1) is 5.10 Å². The Labute approximate surface area is 239 Å². The van der Waals surface area contributed by atoms with Crippen LogP contribution in [0.5, 0.6) is 0 Å². The minimum Gasteiger partial charge on any atom is -0.447 e. The summed E-state index contributed by atoms with van der Waals surface area (Å²) in [5, 5.41) is 7.73. The number of hydrogen-bond acceptors (Lipinski definition) is 11. The van der Waals surface area contributed by atoms with Gasteiger partial charge >= 0.3 is 6.09 Å². The molecule has 2 aromatic heterocycles. The lowest BCUT2D eigenvalue weighted by atomic mass is 10.2. The molecule has 2 aliphatic heterocycles. The lowest BCUT2D eigenvalue weighted by Gasteiger charge is -2.35. The minimum atomic E-state index is -0.258. The first-order valence-corrected chi connectivity index (χ1v) is 13.9. The molecular formula is C27H37N11O3. The van der Waals surface area contributed by atoms with Gasteiger partial charge in [0.2, 0.25) is 17.8 Å². The molecule has 14 nitrogen and oxygen atoms in total. The van der Waals surface area contributed by atoms with Crippen molar-refractivity contribution in [2.45, 2.75) is 33.3 Å². The summed E-state index contributed by atoms with van der Waals surface area (Å²) in [6, 6.07) is 9.79. The number of anilines is 5. The second-order valence-corrected chi connectivity index (χ2v) is 10.4. The topological polar surface area (TPSA) is 151 Å². The summed E-state index contributed by atoms with van der Waals surface area (Å²) in [5.74, 6) is 1.88. The van der Waals surface area contributed by atoms with Crippen LogP contribution in [0.4, 0.5) is 33.9 Å². The van der Waals surface area contributed by atoms with Crippen LogP contribution in [0.2, 0.25) is 0 Å². The fourth-order valence-electron chi connectivity index (χ4n) is 4.94. The highest BCUT2D eigenvalue weighted by Gasteiger charge is 2.23. The number of nitrogens with two attached hydrogens (primary N) is 1. The molecule has 0 radical (unpaired) electrons. The maximum absolute atomic E-state index is 12.2. The number of carbonyl (C=O) groups is 2. The maximum atomic E-state index is 12.2. The van der Waals surface area contributed by atoms with Crippen molar-refractivity contribution in [3.8, 4) is 5.82 Å². The van der Waals surface area contributed by atoms with E-state index in [0.29, 0.717) is 37.9 Å². The van der Waals surface area contributed by atoms with Gasteiger partial charge in [0.25, 0.3) is 0 Å². The molecule has 0 saturated carbocycles. The standard InChI is InChI=1S/C27H37N11O3/c1-19(2)41-27(40)37-15-12-35(13-16-37)22-7-5-21(6-8-22)31-26-32-25(28)38(33-26)24-17-23(29-18-30-24)36-10-4-9-34(11-14-36)20(3)39/h5-8,17-19H,4,9-16H2,1-3H3,(H3,28,31,32,33). The van der Waals surface area contributed by atoms with E-state index in [9.17, 15) is 9.59 Å². The van der Waals surface area contributed by atoms with Gasteiger partial charge in [-0.05, 0) is 44.5 Å². The number of hydrogen-bond donors (Lipinski definition) is 2. The molecule has 4 heterocycles. The van der Waals surface area contributed by atoms with Crippen molar-refractivity contribution >= 4 is 41.1 Å². The number of nitrogens with one attached hydrogen (secondary N) is 1. The Morgan fingerprint density at radius 3 is 2.29 bits per heavy atom. The molecule has 218 valence electrons. The Kier molecular flexibility index (Phi) is 8.36. The van der Waals surface area contributed by atoms with E-state index >= 15 is 0 Å². The van der Waals surface area contributed by atoms with Crippen molar-refractivity contribution in [1.29, 1.82) is 0 Å². The van der Waals surface area contributed by atoms with Crippen LogP contribution in [0.15, 0.2) is 36.7 Å². The highest BCUT2D eigenvalue weighted by atomic mass is 16.6. The van der Waals surface area contributed by atoms with E-state index in [1.54, 1.807) is 11.8 Å². The van der Waals surface area contributed by atoms with Crippen LogP contribution in [-0.4, -0.2) is 105 Å². The maximum Gasteiger partial charge on any atom is 0.410 e. The largest absolute Gasteiger partial charge is 0.447 e. The number of rotatable bonds is 6. The fourth-order valence-corrected chi connectivity index (χ4v) is 4.94. The highest BCUT2D eigenvalue weighted by molar-refractivity contribution is 5.73. The van der Waals surface area contributed by atoms with Crippen molar-refractivity contribution in [2.24, 2.45) is 0 Å². The van der Waals surface area contributed by atoms with Crippen LogP contribution in [0.3, 0.4) is 0 Å². The zero-order valence-corrected chi connectivity index (χ0v) is 23.7. The Hall–Kier alpha value is -4.62. The van der Waals surface area contributed by atoms with E-state index in [0.717, 1.165) is 49.8 Å². The van der Waals surface area contributed by atoms with Gasteiger partial charge < -0.3 is 35.4 Å². The van der Waals surface area contributed by atoms with E-state index in [1.807, 2.05) is 49.1 Å². The Morgan fingerprint density at radius 1 is 0.902 bits per heavy atom. The smallest absolute Gasteiger partial charge is 0.410 e. The van der Waals surface area contributed by atoms with Crippen molar-refractivity contribution in [1.82, 2.24) is 34.5 Å². The molecule has 2 aliphatic rings. The SMILES string of the molecule is CC(=O)N1CCCN(c2cc(-n3nc(Nc4ccc(N5CCN(C(=O)OC(C)C)CC5)cc4)nc3N)ncn2)CC1. The van der Waals surface area contributed by atoms with Crippen molar-refractivity contribution < 1.29 is 14.3 Å². The average molecular weight is 564 g/mol. The van der Waals surface area contributed by atoms with E-state index < -0.39 is 0 Å². The molecule has 0 atom stereocenters. The number of amides is 2. The number of benzene rings is 1. The van der Waals surface area contributed by atoms with Gasteiger partial charge in [0.05, 0.1) is 6.10 Å². The summed E-state index contributed by atoms with van der Waals surface area (Å²) in [7, 11) is 0. The third-order valence-electron chi connectivity index (χ3n) is 7.12. The second-order valence-electron chi connectivity index (χ2n) is 10.4. The first-order valence-electron chi connectivity index (χ1n) is 13.9. The van der Waals surface area contributed by atoms with Crippen LogP contribution in [0.1, 0.15) is 27.2 Å². The van der Waals surface area contributed by atoms with Gasteiger partial charge in [-0.2, -0.15) is 9.67 Å². The molecule has 14 heteroatoms. The number of nitrogen functional groups attached to an aromatic ring is 1. The lowest BCUT2D eigenvalue weighted by Crippen LogP contribution is -2.49. The first-order chi connectivity index (χ1) is 19.8. The van der Waals surface area contributed by atoms with Gasteiger partial charge in [0.1, 0.15) is 12.1 Å². The summed E-state index contributed by atoms with van der Waals surface area (Å²) >= 11 is 0. The molecule has 2 fully saturated rings. The van der Waals surface area contributed by atoms with Crippen LogP contribution >= 0.6 is 0 Å². The lowest BCUT2D eigenvalue weighted by molar-refractivity contribution is -0.128. The number of ether oxygens (including phenoxy) is 1. The zero-order valence-electron chi connectivity index (χ0n) is 23.7. The van der Waals surface area contributed by atoms with Gasteiger partial charge in [0, 0.05) is 76.7 Å². The van der Waals surface area contributed by atoms with Crippen molar-refractivity contribution in [3.63, 3.8) is 0 Å². The predicted molar refractivity (Wildman–Crippen MR) is 156 cm³/mol. The third-order valence-corrected chi connectivity index (χ3v) is 7.12. The van der Waals surface area contributed by atoms with E-state index in [4.69, 9.17) is 10.5 Å².